The van der Waals surface area contributed by atoms with Crippen molar-refractivity contribution in [2.75, 3.05) is 40.3 Å². The highest BCUT2D eigenvalue weighted by atomic mass is 16.5. The first-order chi connectivity index (χ1) is 15.1. The van der Waals surface area contributed by atoms with Crippen molar-refractivity contribution in [3.05, 3.63) is 71.8 Å². The van der Waals surface area contributed by atoms with Crippen molar-refractivity contribution in [2.45, 2.75) is 31.3 Å². The molecular formula is C25H34N4O2. The number of hydrogen-bond donors (Lipinski definition) is 2. The first-order valence-corrected chi connectivity index (χ1v) is 11.1. The highest BCUT2D eigenvalue weighted by molar-refractivity contribution is 5.84. The van der Waals surface area contributed by atoms with Gasteiger partial charge in [0.15, 0.2) is 5.96 Å². The fourth-order valence-corrected chi connectivity index (χ4v) is 3.71. The quantitative estimate of drug-likeness (QED) is 0.482. The molecule has 1 atom stereocenters. The molecule has 1 fully saturated rings. The Hall–Kier alpha value is -2.86. The SMILES string of the molecule is CN(C)C(=O)CN=C(NCCC(c1ccccc1)c1ccccc1)NCC1CCCO1. The second-order valence-electron chi connectivity index (χ2n) is 8.06. The topological polar surface area (TPSA) is 66.0 Å². The van der Waals surface area contributed by atoms with E-state index in [-0.39, 0.29) is 24.5 Å². The number of hydrogen-bond acceptors (Lipinski definition) is 3. The molecule has 6 nitrogen and oxygen atoms in total. The van der Waals surface area contributed by atoms with Crippen LogP contribution < -0.4 is 10.6 Å². The molecule has 2 aromatic carbocycles. The van der Waals surface area contributed by atoms with E-state index < -0.39 is 0 Å². The zero-order valence-corrected chi connectivity index (χ0v) is 18.6. The van der Waals surface area contributed by atoms with Gasteiger partial charge in [-0.25, -0.2) is 4.99 Å². The zero-order valence-electron chi connectivity index (χ0n) is 18.6. The van der Waals surface area contributed by atoms with Gasteiger partial charge in [0.25, 0.3) is 0 Å². The maximum Gasteiger partial charge on any atom is 0.243 e. The standard InChI is InChI=1S/C25H34N4O2/c1-29(2)24(30)19-28-25(27-18-22-14-9-17-31-22)26-16-15-23(20-10-5-3-6-11-20)21-12-7-4-8-13-21/h3-8,10-13,22-23H,9,14-19H2,1-2H3,(H2,26,27,28). The van der Waals surface area contributed by atoms with E-state index in [1.165, 1.54) is 11.1 Å². The molecule has 6 heteroatoms. The van der Waals surface area contributed by atoms with Crippen LogP contribution in [0.3, 0.4) is 0 Å². The van der Waals surface area contributed by atoms with Crippen LogP contribution >= 0.6 is 0 Å². The summed E-state index contributed by atoms with van der Waals surface area (Å²) in [6.07, 6.45) is 3.27. The molecular weight excluding hydrogens is 388 g/mol. The fourth-order valence-electron chi connectivity index (χ4n) is 3.71. The Bertz CT molecular complexity index is 778. The van der Waals surface area contributed by atoms with Crippen LogP contribution in [-0.4, -0.2) is 63.2 Å². The zero-order chi connectivity index (χ0) is 21.9. The Labute approximate surface area is 185 Å². The maximum absolute atomic E-state index is 12.0. The van der Waals surface area contributed by atoms with E-state index in [1.807, 2.05) is 12.1 Å². The molecule has 31 heavy (non-hydrogen) atoms. The number of rotatable bonds is 9. The number of carbonyl (C=O) groups is 1. The molecule has 1 aliphatic rings. The average molecular weight is 423 g/mol. The van der Waals surface area contributed by atoms with Crippen molar-refractivity contribution in [1.82, 2.24) is 15.5 Å². The van der Waals surface area contributed by atoms with Crippen molar-refractivity contribution in [3.63, 3.8) is 0 Å². The average Bonchev–Trinajstić information content (AvgIpc) is 3.32. The second-order valence-corrected chi connectivity index (χ2v) is 8.06. The summed E-state index contributed by atoms with van der Waals surface area (Å²) in [7, 11) is 3.49. The molecule has 2 aromatic rings. The third kappa shape index (κ3) is 7.40. The van der Waals surface area contributed by atoms with Crippen molar-refractivity contribution < 1.29 is 9.53 Å². The number of aliphatic imine (C=N–C) groups is 1. The molecule has 1 saturated heterocycles. The van der Waals surface area contributed by atoms with Crippen LogP contribution in [0.1, 0.15) is 36.3 Å². The predicted molar refractivity (Wildman–Crippen MR) is 125 cm³/mol. The lowest BCUT2D eigenvalue weighted by Crippen LogP contribution is -2.42. The lowest BCUT2D eigenvalue weighted by atomic mass is 9.88. The molecule has 1 heterocycles. The lowest BCUT2D eigenvalue weighted by molar-refractivity contribution is -0.127. The Kier molecular flexibility index (Phi) is 8.91. The van der Waals surface area contributed by atoms with Gasteiger partial charge < -0.3 is 20.3 Å². The Morgan fingerprint density at radius 1 is 1.06 bits per heavy atom. The highest BCUT2D eigenvalue weighted by Gasteiger charge is 2.17. The van der Waals surface area contributed by atoms with Gasteiger partial charge >= 0.3 is 0 Å². The smallest absolute Gasteiger partial charge is 0.243 e. The highest BCUT2D eigenvalue weighted by Crippen LogP contribution is 2.27. The molecule has 0 radical (unpaired) electrons. The van der Waals surface area contributed by atoms with Gasteiger partial charge in [-0.1, -0.05) is 60.7 Å². The number of nitrogens with one attached hydrogen (secondary N) is 2. The number of likely N-dealkylation sites (N-methyl/N-ethyl adjacent to an activating group) is 1. The number of guanidine groups is 1. The summed E-state index contributed by atoms with van der Waals surface area (Å²) in [5, 5.41) is 6.77. The predicted octanol–water partition coefficient (Wildman–Crippen LogP) is 3.01. The van der Waals surface area contributed by atoms with Gasteiger partial charge in [-0.3, -0.25) is 4.79 Å². The van der Waals surface area contributed by atoms with Crippen molar-refractivity contribution in [1.29, 1.82) is 0 Å². The summed E-state index contributed by atoms with van der Waals surface area (Å²) in [4.78, 5) is 18.1. The molecule has 2 N–H and O–H groups in total. The molecule has 0 aliphatic carbocycles. The van der Waals surface area contributed by atoms with E-state index in [0.29, 0.717) is 12.5 Å². The molecule has 1 aliphatic heterocycles. The Balaban J connectivity index is 1.63. The van der Waals surface area contributed by atoms with Crippen LogP contribution in [0.2, 0.25) is 0 Å². The van der Waals surface area contributed by atoms with Crippen LogP contribution in [0, 0.1) is 0 Å². The molecule has 0 aromatic heterocycles. The van der Waals surface area contributed by atoms with Gasteiger partial charge in [0, 0.05) is 39.7 Å². The van der Waals surface area contributed by atoms with Gasteiger partial charge in [0.2, 0.25) is 5.91 Å². The summed E-state index contributed by atoms with van der Waals surface area (Å²) < 4.78 is 5.71. The van der Waals surface area contributed by atoms with Gasteiger partial charge in [0.1, 0.15) is 6.54 Å². The Morgan fingerprint density at radius 2 is 1.71 bits per heavy atom. The molecule has 1 amide bonds. The monoisotopic (exact) mass is 422 g/mol. The van der Waals surface area contributed by atoms with Gasteiger partial charge in [-0.05, 0) is 30.4 Å². The minimum absolute atomic E-state index is 0.0235. The van der Waals surface area contributed by atoms with Crippen LogP contribution in [0.5, 0.6) is 0 Å². The first kappa shape index (κ1) is 22.8. The van der Waals surface area contributed by atoms with E-state index in [2.05, 4.69) is 64.2 Å². The third-order valence-corrected chi connectivity index (χ3v) is 5.52. The molecule has 0 bridgehead atoms. The van der Waals surface area contributed by atoms with E-state index >= 15 is 0 Å². The van der Waals surface area contributed by atoms with E-state index in [4.69, 9.17) is 4.74 Å². The molecule has 166 valence electrons. The van der Waals surface area contributed by atoms with Crippen LogP contribution in [0.15, 0.2) is 65.7 Å². The van der Waals surface area contributed by atoms with Crippen LogP contribution in [-0.2, 0) is 9.53 Å². The minimum Gasteiger partial charge on any atom is -0.376 e. The van der Waals surface area contributed by atoms with E-state index in [9.17, 15) is 4.79 Å². The summed E-state index contributed by atoms with van der Waals surface area (Å²) in [5.41, 5.74) is 2.59. The third-order valence-electron chi connectivity index (χ3n) is 5.52. The molecule has 0 saturated carbocycles. The molecule has 1 unspecified atom stereocenters. The second kappa shape index (κ2) is 12.1. The van der Waals surface area contributed by atoms with Crippen molar-refractivity contribution in [3.8, 4) is 0 Å². The van der Waals surface area contributed by atoms with Gasteiger partial charge in [-0.2, -0.15) is 0 Å². The molecule has 0 spiro atoms. The number of nitrogens with zero attached hydrogens (tertiary/aromatic N) is 2. The number of carbonyl (C=O) groups excluding carboxylic acids is 1. The van der Waals surface area contributed by atoms with E-state index in [1.54, 1.807) is 19.0 Å². The van der Waals surface area contributed by atoms with Crippen molar-refractivity contribution >= 4 is 11.9 Å². The number of benzene rings is 2. The van der Waals surface area contributed by atoms with Crippen LogP contribution in [0.4, 0.5) is 0 Å². The largest absolute Gasteiger partial charge is 0.376 e. The van der Waals surface area contributed by atoms with Crippen LogP contribution in [0.25, 0.3) is 0 Å². The van der Waals surface area contributed by atoms with Gasteiger partial charge in [0.05, 0.1) is 6.10 Å². The fraction of sp³-hybridized carbons (Fsp3) is 0.440. The number of ether oxygens (including phenoxy) is 1. The summed E-state index contributed by atoms with van der Waals surface area (Å²) in [6.45, 7) is 2.38. The van der Waals surface area contributed by atoms with Crippen molar-refractivity contribution in [2.24, 2.45) is 4.99 Å². The summed E-state index contributed by atoms with van der Waals surface area (Å²) in [5.74, 6) is 0.924. The summed E-state index contributed by atoms with van der Waals surface area (Å²) in [6, 6.07) is 21.1. The molecule has 3 rings (SSSR count). The minimum atomic E-state index is -0.0235. The van der Waals surface area contributed by atoms with Gasteiger partial charge in [-0.15, -0.1) is 0 Å². The maximum atomic E-state index is 12.0. The Morgan fingerprint density at radius 3 is 2.26 bits per heavy atom. The van der Waals surface area contributed by atoms with E-state index in [0.717, 1.165) is 32.4 Å². The first-order valence-electron chi connectivity index (χ1n) is 11.1. The normalized spacial score (nSPS) is 16.4. The lowest BCUT2D eigenvalue weighted by Gasteiger charge is -2.20. The number of amides is 1. The summed E-state index contributed by atoms with van der Waals surface area (Å²) >= 11 is 0.